The summed E-state index contributed by atoms with van der Waals surface area (Å²) in [6.45, 7) is 3.62. The Kier molecular flexibility index (Phi) is 5.97. The van der Waals surface area contributed by atoms with E-state index >= 15 is 0 Å². The molecule has 148 valence electrons. The maximum atomic E-state index is 12.9. The molecule has 2 aliphatic heterocycles. The fourth-order valence-corrected chi connectivity index (χ4v) is 4.57. The Morgan fingerprint density at radius 1 is 1.25 bits per heavy atom. The van der Waals surface area contributed by atoms with Crippen LogP contribution >= 0.6 is 11.6 Å². The predicted octanol–water partition coefficient (Wildman–Crippen LogP) is 2.72. The first-order valence-electron chi connectivity index (χ1n) is 9.96. The van der Waals surface area contributed by atoms with E-state index in [9.17, 15) is 4.79 Å². The van der Waals surface area contributed by atoms with Crippen LogP contribution in [0.15, 0.2) is 42.5 Å². The van der Waals surface area contributed by atoms with Gasteiger partial charge in [-0.05, 0) is 53.8 Å². The van der Waals surface area contributed by atoms with Crippen molar-refractivity contribution < 1.29 is 4.79 Å². The Hall–Kier alpha value is -1.92. The van der Waals surface area contributed by atoms with Gasteiger partial charge in [0.15, 0.2) is 0 Å². The van der Waals surface area contributed by atoms with Crippen LogP contribution in [-0.4, -0.2) is 29.9 Å². The average Bonchev–Trinajstić information content (AvgIpc) is 3.34. The molecular weight excluding hydrogens is 372 g/mol. The van der Waals surface area contributed by atoms with Crippen molar-refractivity contribution in [2.75, 3.05) is 13.1 Å². The molecule has 1 amide bonds. The highest BCUT2D eigenvalue weighted by Gasteiger charge is 2.33. The fourth-order valence-electron chi connectivity index (χ4n) is 4.38. The van der Waals surface area contributed by atoms with E-state index in [1.165, 1.54) is 11.1 Å². The number of rotatable bonds is 6. The Morgan fingerprint density at radius 2 is 2.11 bits per heavy atom. The number of fused-ring (bicyclic) bond motifs is 1. The van der Waals surface area contributed by atoms with Crippen molar-refractivity contribution in [3.8, 4) is 0 Å². The first-order chi connectivity index (χ1) is 13.7. The Labute approximate surface area is 171 Å². The number of nitrogens with zero attached hydrogens (tertiary/aromatic N) is 1. The Morgan fingerprint density at radius 3 is 2.96 bits per heavy atom. The van der Waals surface area contributed by atoms with Gasteiger partial charge >= 0.3 is 0 Å². The number of nitrogens with one attached hydrogen (secondary N) is 2. The van der Waals surface area contributed by atoms with E-state index in [1.807, 2.05) is 18.2 Å². The molecule has 0 bridgehead atoms. The van der Waals surface area contributed by atoms with Gasteiger partial charge in [-0.2, -0.15) is 0 Å². The molecule has 5 nitrogen and oxygen atoms in total. The highest BCUT2D eigenvalue weighted by molar-refractivity contribution is 6.30. The lowest BCUT2D eigenvalue weighted by molar-refractivity contribution is -0.125. The van der Waals surface area contributed by atoms with Gasteiger partial charge in [-0.25, -0.2) is 0 Å². The number of hydrogen-bond donors (Lipinski definition) is 3. The number of nitrogens with two attached hydrogens (primary N) is 1. The summed E-state index contributed by atoms with van der Waals surface area (Å²) in [6.07, 6.45) is 1.96. The van der Waals surface area contributed by atoms with Crippen LogP contribution in [0.4, 0.5) is 0 Å². The maximum Gasteiger partial charge on any atom is 0.237 e. The summed E-state index contributed by atoms with van der Waals surface area (Å²) in [5.41, 5.74) is 10.5. The monoisotopic (exact) mass is 398 g/mol. The van der Waals surface area contributed by atoms with Crippen molar-refractivity contribution in [3.63, 3.8) is 0 Å². The van der Waals surface area contributed by atoms with Crippen LogP contribution in [0.5, 0.6) is 0 Å². The third-order valence-corrected chi connectivity index (χ3v) is 6.13. The van der Waals surface area contributed by atoms with Gasteiger partial charge in [-0.3, -0.25) is 9.69 Å². The van der Waals surface area contributed by atoms with Crippen molar-refractivity contribution >= 4 is 17.5 Å². The van der Waals surface area contributed by atoms with Crippen molar-refractivity contribution in [1.82, 2.24) is 15.5 Å². The predicted molar refractivity (Wildman–Crippen MR) is 112 cm³/mol. The third kappa shape index (κ3) is 4.08. The number of carbonyl (C=O) groups is 1. The molecule has 28 heavy (non-hydrogen) atoms. The van der Waals surface area contributed by atoms with E-state index in [2.05, 4.69) is 39.8 Å². The molecule has 0 saturated carbocycles. The number of halogens is 1. The van der Waals surface area contributed by atoms with Gasteiger partial charge in [-0.1, -0.05) is 41.9 Å². The average molecular weight is 399 g/mol. The molecule has 2 aliphatic rings. The zero-order chi connectivity index (χ0) is 19.5. The molecule has 2 atom stereocenters. The van der Waals surface area contributed by atoms with Crippen LogP contribution < -0.4 is 16.4 Å². The Bertz CT molecular complexity index is 856. The summed E-state index contributed by atoms with van der Waals surface area (Å²) in [5, 5.41) is 7.35. The van der Waals surface area contributed by atoms with Gasteiger partial charge in [0.1, 0.15) is 0 Å². The molecule has 1 fully saturated rings. The molecule has 2 aromatic rings. The van der Waals surface area contributed by atoms with Gasteiger partial charge < -0.3 is 16.4 Å². The number of amides is 1. The lowest BCUT2D eigenvalue weighted by atomic mass is 10.0. The van der Waals surface area contributed by atoms with Crippen LogP contribution in [0.2, 0.25) is 5.02 Å². The summed E-state index contributed by atoms with van der Waals surface area (Å²) in [5.74, 6) is 0.0896. The molecule has 0 radical (unpaired) electrons. The van der Waals surface area contributed by atoms with E-state index < -0.39 is 0 Å². The number of benzene rings is 2. The molecule has 1 saturated heterocycles. The maximum absolute atomic E-state index is 12.9. The van der Waals surface area contributed by atoms with Crippen LogP contribution in [0.25, 0.3) is 0 Å². The fraction of sp³-hybridized carbons (Fsp3) is 0.409. The minimum Gasteiger partial charge on any atom is -0.351 e. The molecule has 0 spiro atoms. The van der Waals surface area contributed by atoms with Crippen LogP contribution in [0.3, 0.4) is 0 Å². The highest BCUT2D eigenvalue weighted by Crippen LogP contribution is 2.28. The first-order valence-corrected chi connectivity index (χ1v) is 10.3. The number of carbonyl (C=O) groups excluding carboxylic acids is 1. The van der Waals surface area contributed by atoms with E-state index in [-0.39, 0.29) is 11.9 Å². The molecular formula is C22H27ClN4O. The Balaban J connectivity index is 1.38. The number of hydrogen-bond acceptors (Lipinski definition) is 4. The molecule has 6 heteroatoms. The SMILES string of the molecule is NCc1ccc(Cl)cc1CNC(=O)[C@@H]1CCCN1CC1NCc2ccccc21. The minimum atomic E-state index is -0.0740. The lowest BCUT2D eigenvalue weighted by Gasteiger charge is -2.27. The van der Waals surface area contributed by atoms with E-state index in [4.69, 9.17) is 17.3 Å². The molecule has 1 unspecified atom stereocenters. The number of likely N-dealkylation sites (tertiary alicyclic amines) is 1. The molecule has 2 aromatic carbocycles. The summed E-state index contributed by atoms with van der Waals surface area (Å²) in [6, 6.07) is 14.4. The molecule has 0 aromatic heterocycles. The van der Waals surface area contributed by atoms with Crippen molar-refractivity contribution in [2.24, 2.45) is 5.73 Å². The minimum absolute atomic E-state index is 0.0740. The topological polar surface area (TPSA) is 70.4 Å². The molecule has 0 aliphatic carbocycles. The highest BCUT2D eigenvalue weighted by atomic mass is 35.5. The zero-order valence-electron chi connectivity index (χ0n) is 16.0. The smallest absolute Gasteiger partial charge is 0.237 e. The van der Waals surface area contributed by atoms with E-state index in [1.54, 1.807) is 0 Å². The van der Waals surface area contributed by atoms with Crippen LogP contribution in [0, 0.1) is 0 Å². The normalized spacial score (nSPS) is 21.6. The van der Waals surface area contributed by atoms with Crippen LogP contribution in [-0.2, 0) is 24.4 Å². The van der Waals surface area contributed by atoms with E-state index in [0.717, 1.165) is 43.6 Å². The van der Waals surface area contributed by atoms with Gasteiger partial charge in [-0.15, -0.1) is 0 Å². The molecule has 4 N–H and O–H groups in total. The second-order valence-electron chi connectivity index (χ2n) is 7.62. The summed E-state index contributed by atoms with van der Waals surface area (Å²) in [7, 11) is 0. The van der Waals surface area contributed by atoms with Gasteiger partial charge in [0.2, 0.25) is 5.91 Å². The van der Waals surface area contributed by atoms with Gasteiger partial charge in [0, 0.05) is 37.2 Å². The third-order valence-electron chi connectivity index (χ3n) is 5.89. The second kappa shape index (κ2) is 8.62. The van der Waals surface area contributed by atoms with Crippen molar-refractivity contribution in [2.45, 2.75) is 44.6 Å². The summed E-state index contributed by atoms with van der Waals surface area (Å²) < 4.78 is 0. The van der Waals surface area contributed by atoms with Gasteiger partial charge in [0.25, 0.3) is 0 Å². The summed E-state index contributed by atoms with van der Waals surface area (Å²) >= 11 is 6.11. The summed E-state index contributed by atoms with van der Waals surface area (Å²) in [4.78, 5) is 15.2. The first kappa shape index (κ1) is 19.4. The lowest BCUT2D eigenvalue weighted by Crippen LogP contribution is -2.45. The van der Waals surface area contributed by atoms with Crippen molar-refractivity contribution in [3.05, 3.63) is 69.7 Å². The molecule has 2 heterocycles. The zero-order valence-corrected chi connectivity index (χ0v) is 16.7. The van der Waals surface area contributed by atoms with Crippen molar-refractivity contribution in [1.29, 1.82) is 0 Å². The largest absolute Gasteiger partial charge is 0.351 e. The molecule has 4 rings (SSSR count). The van der Waals surface area contributed by atoms with Crippen LogP contribution in [0.1, 0.15) is 41.1 Å². The quantitative estimate of drug-likeness (QED) is 0.699. The standard InChI is InChI=1S/C22H27ClN4O/c23-18-8-7-15(11-24)17(10-18)13-26-22(28)21-6-3-9-27(21)14-20-19-5-2-1-4-16(19)12-25-20/h1-2,4-5,7-8,10,20-21,25H,3,6,9,11-14,24H2,(H,26,28)/t20?,21-/m0/s1. The van der Waals surface area contributed by atoms with Gasteiger partial charge in [0.05, 0.1) is 6.04 Å². The van der Waals surface area contributed by atoms with E-state index in [0.29, 0.717) is 24.2 Å². The second-order valence-corrected chi connectivity index (χ2v) is 8.06.